The van der Waals surface area contributed by atoms with Crippen molar-refractivity contribution in [3.05, 3.63) is 0 Å². The Hall–Kier alpha value is -0.130. The van der Waals surface area contributed by atoms with E-state index in [-0.39, 0.29) is 5.75 Å². The van der Waals surface area contributed by atoms with E-state index < -0.39 is 10.0 Å². The predicted molar refractivity (Wildman–Crippen MR) is 62.3 cm³/mol. The van der Waals surface area contributed by atoms with E-state index in [2.05, 4.69) is 5.32 Å². The minimum Gasteiger partial charge on any atom is -0.317 e. The van der Waals surface area contributed by atoms with Crippen molar-refractivity contribution in [3.63, 3.8) is 0 Å². The van der Waals surface area contributed by atoms with Gasteiger partial charge in [-0.05, 0) is 45.2 Å². The summed E-state index contributed by atoms with van der Waals surface area (Å²) in [6.45, 7) is 4.51. The highest BCUT2D eigenvalue weighted by Crippen LogP contribution is 2.16. The molecule has 4 nitrogen and oxygen atoms in total. The molecule has 0 atom stereocenters. The summed E-state index contributed by atoms with van der Waals surface area (Å²) in [5.74, 6) is 0.899. The molecule has 0 unspecified atom stereocenters. The Kier molecular flexibility index (Phi) is 5.02. The Balaban J connectivity index is 2.30. The molecule has 0 bridgehead atoms. The molecule has 0 aromatic carbocycles. The van der Waals surface area contributed by atoms with Crippen LogP contribution in [0.5, 0.6) is 0 Å². The highest BCUT2D eigenvalue weighted by atomic mass is 32.2. The van der Waals surface area contributed by atoms with E-state index in [9.17, 15) is 8.42 Å². The van der Waals surface area contributed by atoms with Crippen LogP contribution in [0.2, 0.25) is 0 Å². The molecular weight excluding hydrogens is 212 g/mol. The summed E-state index contributed by atoms with van der Waals surface area (Å²) >= 11 is 0. The Morgan fingerprint density at radius 2 is 1.93 bits per heavy atom. The van der Waals surface area contributed by atoms with Crippen molar-refractivity contribution in [3.8, 4) is 0 Å². The van der Waals surface area contributed by atoms with Crippen molar-refractivity contribution in [2.45, 2.75) is 26.2 Å². The summed E-state index contributed by atoms with van der Waals surface area (Å²) < 4.78 is 24.5. The molecule has 0 spiro atoms. The molecule has 0 aromatic rings. The fourth-order valence-electron chi connectivity index (χ4n) is 1.89. The molecule has 0 aliphatic carbocycles. The Bertz CT molecular complexity index is 271. The van der Waals surface area contributed by atoms with E-state index in [1.54, 1.807) is 14.0 Å². The molecule has 5 heteroatoms. The van der Waals surface area contributed by atoms with Crippen LogP contribution in [0.4, 0.5) is 0 Å². The van der Waals surface area contributed by atoms with E-state index in [1.807, 2.05) is 0 Å². The lowest BCUT2D eigenvalue weighted by Crippen LogP contribution is -2.33. The zero-order valence-corrected chi connectivity index (χ0v) is 10.5. The van der Waals surface area contributed by atoms with Gasteiger partial charge in [-0.25, -0.2) is 12.7 Å². The van der Waals surface area contributed by atoms with Crippen LogP contribution in [0.1, 0.15) is 26.2 Å². The van der Waals surface area contributed by atoms with Gasteiger partial charge in [0.05, 0.1) is 5.75 Å². The highest BCUT2D eigenvalue weighted by Gasteiger charge is 2.18. The third-order valence-corrected chi connectivity index (χ3v) is 5.01. The molecule has 15 heavy (non-hydrogen) atoms. The molecular formula is C10H22N2O2S. The van der Waals surface area contributed by atoms with E-state index in [4.69, 9.17) is 0 Å². The lowest BCUT2D eigenvalue weighted by Gasteiger charge is -2.24. The van der Waals surface area contributed by atoms with Gasteiger partial charge in [0.25, 0.3) is 0 Å². The number of nitrogens with zero attached hydrogens (tertiary/aromatic N) is 1. The molecule has 0 aromatic heterocycles. The van der Waals surface area contributed by atoms with Gasteiger partial charge in [0, 0.05) is 13.6 Å². The largest absolute Gasteiger partial charge is 0.317 e. The van der Waals surface area contributed by atoms with Crippen molar-refractivity contribution >= 4 is 10.0 Å². The summed E-state index contributed by atoms with van der Waals surface area (Å²) in [6.07, 6.45) is 3.36. The van der Waals surface area contributed by atoms with Gasteiger partial charge < -0.3 is 5.32 Å². The van der Waals surface area contributed by atoms with Crippen LogP contribution < -0.4 is 5.32 Å². The number of sulfonamides is 1. The Morgan fingerprint density at radius 3 is 2.47 bits per heavy atom. The molecule has 1 fully saturated rings. The summed E-state index contributed by atoms with van der Waals surface area (Å²) in [6, 6.07) is 0. The second-order valence-corrected chi connectivity index (χ2v) is 6.57. The zero-order valence-electron chi connectivity index (χ0n) is 9.70. The first-order chi connectivity index (χ1) is 7.06. The zero-order chi connectivity index (χ0) is 11.3. The molecule has 0 radical (unpaired) electrons. The SMILES string of the molecule is CCS(=O)(=O)N(C)CCC1CCNCC1. The first-order valence-corrected chi connectivity index (χ1v) is 7.32. The minimum atomic E-state index is -2.98. The maximum Gasteiger partial charge on any atom is 0.213 e. The Morgan fingerprint density at radius 1 is 1.33 bits per heavy atom. The van der Waals surface area contributed by atoms with E-state index in [0.717, 1.165) is 19.5 Å². The molecule has 1 N–H and O–H groups in total. The molecule has 90 valence electrons. The second-order valence-electron chi connectivity index (χ2n) is 4.20. The number of hydrogen-bond acceptors (Lipinski definition) is 3. The average molecular weight is 234 g/mol. The van der Waals surface area contributed by atoms with Crippen LogP contribution in [-0.4, -0.2) is 45.2 Å². The fourth-order valence-corrected chi connectivity index (χ4v) is 2.72. The number of piperidine rings is 1. The van der Waals surface area contributed by atoms with Gasteiger partial charge in [-0.3, -0.25) is 0 Å². The summed E-state index contributed by atoms with van der Waals surface area (Å²) in [4.78, 5) is 0. The van der Waals surface area contributed by atoms with Crippen molar-refractivity contribution in [2.24, 2.45) is 5.92 Å². The molecule has 1 saturated heterocycles. The highest BCUT2D eigenvalue weighted by molar-refractivity contribution is 7.89. The maximum atomic E-state index is 11.5. The normalized spacial score (nSPS) is 19.7. The molecule has 1 aliphatic rings. The van der Waals surface area contributed by atoms with Crippen molar-refractivity contribution in [2.75, 3.05) is 32.4 Å². The third-order valence-electron chi connectivity index (χ3n) is 3.15. The molecule has 1 aliphatic heterocycles. The first-order valence-electron chi connectivity index (χ1n) is 5.71. The predicted octanol–water partition coefficient (Wildman–Crippen LogP) is 0.658. The van der Waals surface area contributed by atoms with Crippen LogP contribution in [0.15, 0.2) is 0 Å². The van der Waals surface area contributed by atoms with Crippen molar-refractivity contribution in [1.82, 2.24) is 9.62 Å². The lowest BCUT2D eigenvalue weighted by molar-refractivity contribution is 0.326. The third kappa shape index (κ3) is 4.09. The van der Waals surface area contributed by atoms with Crippen LogP contribution >= 0.6 is 0 Å². The molecule has 0 saturated carbocycles. The van der Waals surface area contributed by atoms with Gasteiger partial charge in [-0.1, -0.05) is 0 Å². The van der Waals surface area contributed by atoms with Crippen LogP contribution in [0.25, 0.3) is 0 Å². The van der Waals surface area contributed by atoms with E-state index in [0.29, 0.717) is 12.5 Å². The van der Waals surface area contributed by atoms with Gasteiger partial charge in [0.1, 0.15) is 0 Å². The maximum absolute atomic E-state index is 11.5. The van der Waals surface area contributed by atoms with Crippen LogP contribution in [0.3, 0.4) is 0 Å². The minimum absolute atomic E-state index is 0.204. The summed E-state index contributed by atoms with van der Waals surface area (Å²) in [5, 5.41) is 3.31. The van der Waals surface area contributed by atoms with Crippen LogP contribution in [-0.2, 0) is 10.0 Å². The molecule has 1 heterocycles. The second kappa shape index (κ2) is 5.82. The van der Waals surface area contributed by atoms with Crippen molar-refractivity contribution < 1.29 is 8.42 Å². The van der Waals surface area contributed by atoms with Gasteiger partial charge >= 0.3 is 0 Å². The number of hydrogen-bond donors (Lipinski definition) is 1. The number of rotatable bonds is 5. The van der Waals surface area contributed by atoms with Gasteiger partial charge in [0.2, 0.25) is 10.0 Å². The Labute approximate surface area is 93.1 Å². The first kappa shape index (κ1) is 12.9. The standard InChI is InChI=1S/C10H22N2O2S/c1-3-15(13,14)12(2)9-6-10-4-7-11-8-5-10/h10-11H,3-9H2,1-2H3. The van der Waals surface area contributed by atoms with Crippen LogP contribution in [0, 0.1) is 5.92 Å². The van der Waals surface area contributed by atoms with E-state index >= 15 is 0 Å². The molecule has 1 rings (SSSR count). The lowest BCUT2D eigenvalue weighted by atomic mass is 9.95. The topological polar surface area (TPSA) is 49.4 Å². The average Bonchev–Trinajstić information content (AvgIpc) is 2.27. The smallest absolute Gasteiger partial charge is 0.213 e. The van der Waals surface area contributed by atoms with Gasteiger partial charge in [0.15, 0.2) is 0 Å². The van der Waals surface area contributed by atoms with Crippen molar-refractivity contribution in [1.29, 1.82) is 0 Å². The van der Waals surface area contributed by atoms with E-state index in [1.165, 1.54) is 17.1 Å². The monoisotopic (exact) mass is 234 g/mol. The fraction of sp³-hybridized carbons (Fsp3) is 1.00. The summed E-state index contributed by atoms with van der Waals surface area (Å²) in [5.41, 5.74) is 0. The summed E-state index contributed by atoms with van der Waals surface area (Å²) in [7, 11) is -1.30. The molecule has 0 amide bonds. The quantitative estimate of drug-likeness (QED) is 0.760. The van der Waals surface area contributed by atoms with Gasteiger partial charge in [-0.15, -0.1) is 0 Å². The van der Waals surface area contributed by atoms with Gasteiger partial charge in [-0.2, -0.15) is 0 Å². The number of nitrogens with one attached hydrogen (secondary N) is 1.